The van der Waals surface area contributed by atoms with E-state index in [1.807, 2.05) is 24.3 Å². The van der Waals surface area contributed by atoms with E-state index in [0.717, 1.165) is 38.1 Å². The number of carbonyl (C=O) groups excluding carboxylic acids is 1. The fourth-order valence-corrected chi connectivity index (χ4v) is 2.95. The standard InChI is InChI=1S/C19H20ClNO3.ClH/c20-16-5-1-14(2-6-16)19(21,13-22)15-3-7-17(8-4-15)24-18-9-11-23-12-10-18;/h1-8,13,18H,9-12,21H2;1H. The summed E-state index contributed by atoms with van der Waals surface area (Å²) in [5.41, 5.74) is 6.55. The first-order valence-electron chi connectivity index (χ1n) is 7.98. The average Bonchev–Trinajstić information content (AvgIpc) is 2.63. The number of rotatable bonds is 5. The molecule has 0 amide bonds. The van der Waals surface area contributed by atoms with Gasteiger partial charge in [0.05, 0.1) is 13.2 Å². The van der Waals surface area contributed by atoms with Gasteiger partial charge in [-0.2, -0.15) is 0 Å². The number of halogens is 2. The maximum atomic E-state index is 11.7. The smallest absolute Gasteiger partial charge is 0.148 e. The van der Waals surface area contributed by atoms with E-state index in [-0.39, 0.29) is 18.5 Å². The molecule has 6 heteroatoms. The van der Waals surface area contributed by atoms with Crippen molar-refractivity contribution in [3.63, 3.8) is 0 Å². The SMILES string of the molecule is Cl.NC(C=O)(c1ccc(Cl)cc1)c1ccc(OC2CCOCC2)cc1. The van der Waals surface area contributed by atoms with Gasteiger partial charge in [-0.25, -0.2) is 0 Å². The molecule has 1 unspecified atom stereocenters. The molecule has 0 spiro atoms. The van der Waals surface area contributed by atoms with Crippen LogP contribution in [0.2, 0.25) is 5.02 Å². The highest BCUT2D eigenvalue weighted by atomic mass is 35.5. The third-order valence-electron chi connectivity index (χ3n) is 4.31. The van der Waals surface area contributed by atoms with Gasteiger partial charge in [0.15, 0.2) is 0 Å². The third kappa shape index (κ3) is 4.53. The van der Waals surface area contributed by atoms with E-state index >= 15 is 0 Å². The molecule has 3 rings (SSSR count). The van der Waals surface area contributed by atoms with Gasteiger partial charge < -0.3 is 20.0 Å². The zero-order chi connectivity index (χ0) is 17.0. The van der Waals surface area contributed by atoms with Gasteiger partial charge in [0.25, 0.3) is 0 Å². The van der Waals surface area contributed by atoms with E-state index in [1.54, 1.807) is 24.3 Å². The lowest BCUT2D eigenvalue weighted by molar-refractivity contribution is -0.111. The summed E-state index contributed by atoms with van der Waals surface area (Å²) in [7, 11) is 0. The highest BCUT2D eigenvalue weighted by molar-refractivity contribution is 6.30. The second kappa shape index (κ2) is 8.68. The molecule has 0 radical (unpaired) electrons. The summed E-state index contributed by atoms with van der Waals surface area (Å²) in [5, 5.41) is 0.604. The summed E-state index contributed by atoms with van der Waals surface area (Å²) < 4.78 is 11.3. The lowest BCUT2D eigenvalue weighted by Gasteiger charge is -2.26. The second-order valence-electron chi connectivity index (χ2n) is 5.95. The second-order valence-corrected chi connectivity index (χ2v) is 6.38. The van der Waals surface area contributed by atoms with Crippen molar-refractivity contribution in [2.75, 3.05) is 13.2 Å². The van der Waals surface area contributed by atoms with Gasteiger partial charge in [0.2, 0.25) is 0 Å². The number of aldehydes is 1. The Bertz CT molecular complexity index is 685. The van der Waals surface area contributed by atoms with Gasteiger partial charge in [-0.3, -0.25) is 0 Å². The van der Waals surface area contributed by atoms with E-state index < -0.39 is 5.54 Å². The first-order chi connectivity index (χ1) is 11.6. The highest BCUT2D eigenvalue weighted by Crippen LogP contribution is 2.28. The number of carbonyl (C=O) groups is 1. The Morgan fingerprint density at radius 2 is 1.56 bits per heavy atom. The molecule has 0 bridgehead atoms. The minimum atomic E-state index is -1.21. The number of nitrogens with two attached hydrogens (primary N) is 1. The normalized spacial score (nSPS) is 17.2. The summed E-state index contributed by atoms with van der Waals surface area (Å²) >= 11 is 5.91. The molecule has 1 aliphatic heterocycles. The predicted molar refractivity (Wildman–Crippen MR) is 101 cm³/mol. The Morgan fingerprint density at radius 1 is 1.04 bits per heavy atom. The maximum absolute atomic E-state index is 11.7. The third-order valence-corrected chi connectivity index (χ3v) is 4.56. The van der Waals surface area contributed by atoms with Gasteiger partial charge in [0, 0.05) is 17.9 Å². The molecule has 1 atom stereocenters. The van der Waals surface area contributed by atoms with E-state index in [2.05, 4.69) is 0 Å². The number of hydrogen-bond acceptors (Lipinski definition) is 4. The molecule has 0 saturated carbocycles. The zero-order valence-electron chi connectivity index (χ0n) is 13.7. The van der Waals surface area contributed by atoms with Crippen LogP contribution in [0.1, 0.15) is 24.0 Å². The molecule has 25 heavy (non-hydrogen) atoms. The van der Waals surface area contributed by atoms with E-state index in [4.69, 9.17) is 26.8 Å². The van der Waals surface area contributed by atoms with Gasteiger partial charge >= 0.3 is 0 Å². The molecule has 1 fully saturated rings. The summed E-state index contributed by atoms with van der Waals surface area (Å²) in [5.74, 6) is 0.773. The molecule has 4 nitrogen and oxygen atoms in total. The van der Waals surface area contributed by atoms with E-state index in [0.29, 0.717) is 16.1 Å². The lowest BCUT2D eigenvalue weighted by Crippen LogP contribution is -2.39. The minimum Gasteiger partial charge on any atom is -0.490 e. The van der Waals surface area contributed by atoms with Crippen LogP contribution in [0, 0.1) is 0 Å². The quantitative estimate of drug-likeness (QED) is 0.801. The molecule has 2 aromatic rings. The van der Waals surface area contributed by atoms with Crippen LogP contribution in [0.5, 0.6) is 5.75 Å². The molecule has 1 aliphatic rings. The summed E-state index contributed by atoms with van der Waals surface area (Å²) in [6.45, 7) is 1.47. The molecule has 0 aromatic heterocycles. The molecular weight excluding hydrogens is 361 g/mol. The monoisotopic (exact) mass is 381 g/mol. The molecule has 2 aromatic carbocycles. The molecule has 1 heterocycles. The Kier molecular flexibility index (Phi) is 6.85. The summed E-state index contributed by atoms with van der Waals surface area (Å²) in [4.78, 5) is 11.7. The van der Waals surface area contributed by atoms with Crippen molar-refractivity contribution in [3.8, 4) is 5.75 Å². The van der Waals surface area contributed by atoms with Crippen LogP contribution in [0.3, 0.4) is 0 Å². The number of benzene rings is 2. The fraction of sp³-hybridized carbons (Fsp3) is 0.316. The van der Waals surface area contributed by atoms with Crippen LogP contribution in [-0.2, 0) is 15.1 Å². The van der Waals surface area contributed by atoms with Crippen LogP contribution < -0.4 is 10.5 Å². The van der Waals surface area contributed by atoms with Gasteiger partial charge in [-0.1, -0.05) is 35.9 Å². The Hall–Kier alpha value is -1.59. The van der Waals surface area contributed by atoms with E-state index in [9.17, 15) is 4.79 Å². The van der Waals surface area contributed by atoms with Crippen molar-refractivity contribution in [2.45, 2.75) is 24.5 Å². The zero-order valence-corrected chi connectivity index (χ0v) is 15.3. The fourth-order valence-electron chi connectivity index (χ4n) is 2.82. The van der Waals surface area contributed by atoms with Gasteiger partial charge in [-0.15, -0.1) is 12.4 Å². The molecule has 2 N–H and O–H groups in total. The molecule has 0 aliphatic carbocycles. The Morgan fingerprint density at radius 3 is 2.08 bits per heavy atom. The van der Waals surface area contributed by atoms with Gasteiger partial charge in [-0.05, 0) is 35.4 Å². The first kappa shape index (κ1) is 19.7. The van der Waals surface area contributed by atoms with Gasteiger partial charge in [0.1, 0.15) is 23.7 Å². The lowest BCUT2D eigenvalue weighted by atomic mass is 9.85. The van der Waals surface area contributed by atoms with Crippen molar-refractivity contribution >= 4 is 30.3 Å². The topological polar surface area (TPSA) is 61.6 Å². The first-order valence-corrected chi connectivity index (χ1v) is 8.36. The summed E-state index contributed by atoms with van der Waals surface area (Å²) in [6.07, 6.45) is 2.71. The van der Waals surface area contributed by atoms with Crippen LogP contribution in [0.4, 0.5) is 0 Å². The number of hydrogen-bond donors (Lipinski definition) is 1. The van der Waals surface area contributed by atoms with Crippen LogP contribution >= 0.6 is 24.0 Å². The Labute approximate surface area is 158 Å². The highest BCUT2D eigenvalue weighted by Gasteiger charge is 2.29. The largest absolute Gasteiger partial charge is 0.490 e. The van der Waals surface area contributed by atoms with Crippen LogP contribution in [0.15, 0.2) is 48.5 Å². The average molecular weight is 382 g/mol. The minimum absolute atomic E-state index is 0. The van der Waals surface area contributed by atoms with Crippen LogP contribution in [-0.4, -0.2) is 25.6 Å². The maximum Gasteiger partial charge on any atom is 0.148 e. The molecule has 1 saturated heterocycles. The van der Waals surface area contributed by atoms with E-state index in [1.165, 1.54) is 0 Å². The Balaban J connectivity index is 0.00000225. The molecular formula is C19H21Cl2NO3. The summed E-state index contributed by atoms with van der Waals surface area (Å²) in [6, 6.07) is 14.4. The number of ether oxygens (including phenoxy) is 2. The van der Waals surface area contributed by atoms with Crippen molar-refractivity contribution < 1.29 is 14.3 Å². The van der Waals surface area contributed by atoms with Crippen LogP contribution in [0.25, 0.3) is 0 Å². The van der Waals surface area contributed by atoms with Crippen molar-refractivity contribution in [1.82, 2.24) is 0 Å². The van der Waals surface area contributed by atoms with Crippen molar-refractivity contribution in [2.24, 2.45) is 5.73 Å². The van der Waals surface area contributed by atoms with Crippen molar-refractivity contribution in [3.05, 3.63) is 64.7 Å². The predicted octanol–water partition coefficient (Wildman–Crippen LogP) is 3.72. The van der Waals surface area contributed by atoms with Crippen molar-refractivity contribution in [1.29, 1.82) is 0 Å². The molecule has 134 valence electrons.